The van der Waals surface area contributed by atoms with Crippen LogP contribution in [0.5, 0.6) is 0 Å². The molecule has 0 saturated carbocycles. The number of hydrogen-bond acceptors (Lipinski definition) is 4. The van der Waals surface area contributed by atoms with Crippen LogP contribution in [0.2, 0.25) is 0 Å². The molecule has 1 atom stereocenters. The van der Waals surface area contributed by atoms with Gasteiger partial charge in [-0.3, -0.25) is 4.79 Å². The van der Waals surface area contributed by atoms with Crippen LogP contribution in [-0.2, 0) is 21.2 Å². The smallest absolute Gasteiger partial charge is 0.240 e. The van der Waals surface area contributed by atoms with E-state index in [-0.39, 0.29) is 29.3 Å². The molecule has 0 bridgehead atoms. The summed E-state index contributed by atoms with van der Waals surface area (Å²) in [6, 6.07) is 4.84. The quantitative estimate of drug-likeness (QED) is 0.832. The van der Waals surface area contributed by atoms with Gasteiger partial charge < -0.3 is 10.6 Å². The number of nitrogens with one attached hydrogen (secondary N) is 1. The van der Waals surface area contributed by atoms with Crippen molar-refractivity contribution in [3.8, 4) is 0 Å². The predicted octanol–water partition coefficient (Wildman–Crippen LogP) is 1.03. The highest BCUT2D eigenvalue weighted by molar-refractivity contribution is 7.89. The Morgan fingerprint density at radius 1 is 1.45 bits per heavy atom. The number of carbonyl (C=O) groups is 1. The minimum atomic E-state index is -3.52. The molecule has 1 aliphatic heterocycles. The monoisotopic (exact) mass is 347 g/mol. The van der Waals surface area contributed by atoms with Gasteiger partial charge in [0.1, 0.15) is 0 Å². The molecule has 0 radical (unpaired) electrons. The third-order valence-electron chi connectivity index (χ3n) is 3.53. The van der Waals surface area contributed by atoms with Gasteiger partial charge in [-0.05, 0) is 43.5 Å². The van der Waals surface area contributed by atoms with Gasteiger partial charge in [-0.25, -0.2) is 13.1 Å². The molecule has 22 heavy (non-hydrogen) atoms. The van der Waals surface area contributed by atoms with Crippen LogP contribution in [0.15, 0.2) is 23.1 Å². The molecular formula is C14H22ClN3O3S. The van der Waals surface area contributed by atoms with Gasteiger partial charge >= 0.3 is 0 Å². The van der Waals surface area contributed by atoms with Gasteiger partial charge in [-0.2, -0.15) is 0 Å². The first-order valence-electron chi connectivity index (χ1n) is 6.97. The number of nitrogens with zero attached hydrogens (tertiary/aromatic N) is 1. The summed E-state index contributed by atoms with van der Waals surface area (Å²) >= 11 is 0. The summed E-state index contributed by atoms with van der Waals surface area (Å²) in [5, 5.41) is 0. The van der Waals surface area contributed by atoms with Crippen molar-refractivity contribution in [3.05, 3.63) is 23.8 Å². The van der Waals surface area contributed by atoms with Crippen molar-refractivity contribution in [2.75, 3.05) is 18.0 Å². The maximum absolute atomic E-state index is 12.2. The average Bonchev–Trinajstić information content (AvgIpc) is 2.80. The maximum atomic E-state index is 12.2. The Morgan fingerprint density at radius 3 is 2.73 bits per heavy atom. The summed E-state index contributed by atoms with van der Waals surface area (Å²) in [5.41, 5.74) is 7.30. The molecule has 1 unspecified atom stereocenters. The lowest BCUT2D eigenvalue weighted by Crippen LogP contribution is -2.29. The maximum Gasteiger partial charge on any atom is 0.240 e. The third-order valence-corrected chi connectivity index (χ3v) is 4.99. The molecule has 1 heterocycles. The van der Waals surface area contributed by atoms with Gasteiger partial charge in [-0.15, -0.1) is 12.4 Å². The minimum Gasteiger partial charge on any atom is -0.328 e. The fourth-order valence-electron chi connectivity index (χ4n) is 2.38. The molecule has 0 aliphatic carbocycles. The van der Waals surface area contributed by atoms with E-state index in [1.807, 2.05) is 6.92 Å². The Bertz CT molecular complexity index is 647. The normalized spacial score (nSPS) is 15.1. The molecular weight excluding hydrogens is 326 g/mol. The summed E-state index contributed by atoms with van der Waals surface area (Å²) in [6.07, 6.45) is 1.26. The van der Waals surface area contributed by atoms with Crippen molar-refractivity contribution in [3.63, 3.8) is 0 Å². The summed E-state index contributed by atoms with van der Waals surface area (Å²) < 4.78 is 26.9. The molecule has 0 aromatic heterocycles. The van der Waals surface area contributed by atoms with Crippen LogP contribution in [0.3, 0.4) is 0 Å². The molecule has 2 rings (SSSR count). The van der Waals surface area contributed by atoms with Gasteiger partial charge in [0.15, 0.2) is 0 Å². The second-order valence-corrected chi connectivity index (χ2v) is 7.14. The highest BCUT2D eigenvalue weighted by atomic mass is 35.5. The Hall–Kier alpha value is -1.15. The minimum absolute atomic E-state index is 0. The average molecular weight is 348 g/mol. The molecule has 1 aliphatic rings. The van der Waals surface area contributed by atoms with Crippen molar-refractivity contribution < 1.29 is 13.2 Å². The van der Waals surface area contributed by atoms with Gasteiger partial charge in [0.2, 0.25) is 15.9 Å². The fraction of sp³-hybridized carbons (Fsp3) is 0.500. The largest absolute Gasteiger partial charge is 0.328 e. The number of halogens is 1. The molecule has 0 saturated heterocycles. The zero-order valence-electron chi connectivity index (χ0n) is 12.7. The van der Waals surface area contributed by atoms with Gasteiger partial charge in [0.25, 0.3) is 0 Å². The van der Waals surface area contributed by atoms with E-state index in [1.54, 1.807) is 17.0 Å². The van der Waals surface area contributed by atoms with Crippen molar-refractivity contribution in [1.29, 1.82) is 0 Å². The number of rotatable bonds is 5. The van der Waals surface area contributed by atoms with E-state index in [0.717, 1.165) is 11.3 Å². The van der Waals surface area contributed by atoms with E-state index in [2.05, 4.69) is 4.72 Å². The van der Waals surface area contributed by atoms with Crippen LogP contribution in [0, 0.1) is 0 Å². The summed E-state index contributed by atoms with van der Waals surface area (Å²) in [7, 11) is -3.52. The molecule has 0 fully saturated rings. The molecule has 0 spiro atoms. The number of benzene rings is 1. The highest BCUT2D eigenvalue weighted by Gasteiger charge is 2.24. The SMILES string of the molecule is CC(=O)N1CCc2cc(S(=O)(=O)NCCC(C)N)ccc21.Cl. The summed E-state index contributed by atoms with van der Waals surface area (Å²) in [6.45, 7) is 4.26. The molecule has 124 valence electrons. The van der Waals surface area contributed by atoms with Gasteiger partial charge in [0.05, 0.1) is 4.90 Å². The van der Waals surface area contributed by atoms with Crippen LogP contribution in [0.4, 0.5) is 5.69 Å². The van der Waals surface area contributed by atoms with Gasteiger partial charge in [-0.1, -0.05) is 0 Å². The predicted molar refractivity (Wildman–Crippen MR) is 88.9 cm³/mol. The molecule has 8 heteroatoms. The second kappa shape index (κ2) is 7.41. The summed E-state index contributed by atoms with van der Waals surface area (Å²) in [4.78, 5) is 13.4. The third kappa shape index (κ3) is 4.19. The van der Waals surface area contributed by atoms with Crippen molar-refractivity contribution in [1.82, 2.24) is 4.72 Å². The first-order valence-corrected chi connectivity index (χ1v) is 8.46. The fourth-order valence-corrected chi connectivity index (χ4v) is 3.47. The van der Waals surface area contributed by atoms with Crippen LogP contribution < -0.4 is 15.4 Å². The molecule has 6 nitrogen and oxygen atoms in total. The molecule has 1 aromatic carbocycles. The van der Waals surface area contributed by atoms with E-state index in [1.165, 1.54) is 13.0 Å². The van der Waals surface area contributed by atoms with E-state index >= 15 is 0 Å². The number of fused-ring (bicyclic) bond motifs is 1. The second-order valence-electron chi connectivity index (χ2n) is 5.37. The lowest BCUT2D eigenvalue weighted by Gasteiger charge is -2.15. The van der Waals surface area contributed by atoms with Crippen LogP contribution >= 0.6 is 12.4 Å². The number of nitrogens with two attached hydrogens (primary N) is 1. The molecule has 3 N–H and O–H groups in total. The first-order chi connectivity index (χ1) is 9.81. The van der Waals surface area contributed by atoms with Crippen LogP contribution in [-0.4, -0.2) is 33.5 Å². The highest BCUT2D eigenvalue weighted by Crippen LogP contribution is 2.30. The Balaban J connectivity index is 0.00000242. The number of sulfonamides is 1. The zero-order chi connectivity index (χ0) is 15.6. The van der Waals surface area contributed by atoms with Crippen molar-refractivity contribution in [2.45, 2.75) is 37.6 Å². The zero-order valence-corrected chi connectivity index (χ0v) is 14.3. The number of amides is 1. The summed E-state index contributed by atoms with van der Waals surface area (Å²) in [5.74, 6) is -0.0283. The Kier molecular flexibility index (Phi) is 6.37. The van der Waals surface area contributed by atoms with E-state index in [4.69, 9.17) is 5.73 Å². The Labute approximate surface area is 137 Å². The van der Waals surface area contributed by atoms with Crippen LogP contribution in [0.25, 0.3) is 0 Å². The van der Waals surface area contributed by atoms with E-state index in [9.17, 15) is 13.2 Å². The molecule has 1 amide bonds. The van der Waals surface area contributed by atoms with Crippen LogP contribution in [0.1, 0.15) is 25.8 Å². The lowest BCUT2D eigenvalue weighted by molar-refractivity contribution is -0.116. The van der Waals surface area contributed by atoms with E-state index in [0.29, 0.717) is 25.9 Å². The van der Waals surface area contributed by atoms with Gasteiger partial charge in [0, 0.05) is 31.7 Å². The van der Waals surface area contributed by atoms with Crippen molar-refractivity contribution >= 4 is 34.0 Å². The first kappa shape index (κ1) is 18.9. The van der Waals surface area contributed by atoms with E-state index < -0.39 is 10.0 Å². The Morgan fingerprint density at radius 2 is 2.14 bits per heavy atom. The number of carbonyl (C=O) groups excluding carboxylic acids is 1. The lowest BCUT2D eigenvalue weighted by atomic mass is 10.2. The van der Waals surface area contributed by atoms with Crippen molar-refractivity contribution in [2.24, 2.45) is 5.73 Å². The number of hydrogen-bond donors (Lipinski definition) is 2. The topological polar surface area (TPSA) is 92.5 Å². The number of anilines is 1. The standard InChI is InChI=1S/C14H21N3O3S.ClH/c1-10(15)5-7-16-21(19,20)13-3-4-14-12(9-13)6-8-17(14)11(2)18;/h3-4,9-10,16H,5-8,15H2,1-2H3;1H. The molecule has 1 aromatic rings.